The minimum Gasteiger partial charge on any atom is -0.479 e. The molecule has 0 spiro atoms. The summed E-state index contributed by atoms with van der Waals surface area (Å²) in [7, 11) is 3.18. The Labute approximate surface area is 176 Å². The van der Waals surface area contributed by atoms with Crippen LogP contribution in [-0.4, -0.2) is 44.3 Å². The molecule has 1 aliphatic carbocycles. The van der Waals surface area contributed by atoms with Crippen molar-refractivity contribution in [2.75, 3.05) is 12.4 Å². The number of nitrogens with one attached hydrogen (secondary N) is 2. The summed E-state index contributed by atoms with van der Waals surface area (Å²) < 4.78 is 47.1. The number of amides is 1. The van der Waals surface area contributed by atoms with Crippen molar-refractivity contribution in [3.63, 3.8) is 0 Å². The monoisotopic (exact) mass is 436 g/mol. The van der Waals surface area contributed by atoms with E-state index in [2.05, 4.69) is 20.7 Å². The lowest BCUT2D eigenvalue weighted by Gasteiger charge is -2.30. The van der Waals surface area contributed by atoms with Gasteiger partial charge in [-0.15, -0.1) is 5.10 Å². The summed E-state index contributed by atoms with van der Waals surface area (Å²) in [5, 5.41) is 10.4. The number of aromatic nitrogens is 4. The van der Waals surface area contributed by atoms with Crippen LogP contribution in [0.15, 0.2) is 30.6 Å². The molecule has 166 valence electrons. The zero-order valence-corrected chi connectivity index (χ0v) is 17.1. The van der Waals surface area contributed by atoms with Gasteiger partial charge in [0.2, 0.25) is 5.88 Å². The molecular weight excluding hydrogens is 413 g/mol. The second kappa shape index (κ2) is 8.12. The quantitative estimate of drug-likeness (QED) is 0.642. The highest BCUT2D eigenvalue weighted by Crippen LogP contribution is 2.30. The molecule has 4 rings (SSSR count). The number of imidazole rings is 1. The highest BCUT2D eigenvalue weighted by molar-refractivity contribution is 5.96. The molecule has 8 nitrogen and oxygen atoms in total. The summed E-state index contributed by atoms with van der Waals surface area (Å²) in [4.78, 5) is 16.2. The molecule has 0 saturated heterocycles. The average molecular weight is 436 g/mol. The van der Waals surface area contributed by atoms with Crippen LogP contribution < -0.4 is 15.4 Å². The highest BCUT2D eigenvalue weighted by Gasteiger charge is 2.34. The van der Waals surface area contributed by atoms with E-state index in [-0.39, 0.29) is 29.5 Å². The maximum atomic E-state index is 13.0. The number of carbonyl (C=O) groups is 1. The first-order valence-electron chi connectivity index (χ1n) is 9.95. The van der Waals surface area contributed by atoms with Gasteiger partial charge in [0.05, 0.1) is 7.11 Å². The Kier molecular flexibility index (Phi) is 5.50. The van der Waals surface area contributed by atoms with E-state index in [0.29, 0.717) is 11.4 Å². The number of alkyl halides is 3. The van der Waals surface area contributed by atoms with Gasteiger partial charge in [-0.2, -0.15) is 13.2 Å². The number of hydrogen-bond donors (Lipinski definition) is 2. The zero-order chi connectivity index (χ0) is 22.2. The lowest BCUT2D eigenvalue weighted by atomic mass is 9.91. The first-order chi connectivity index (χ1) is 14.7. The van der Waals surface area contributed by atoms with Crippen molar-refractivity contribution in [2.24, 2.45) is 7.05 Å². The summed E-state index contributed by atoms with van der Waals surface area (Å²) in [5.41, 5.74) is -0.291. The molecule has 0 bridgehead atoms. The smallest absolute Gasteiger partial charge is 0.434 e. The van der Waals surface area contributed by atoms with Gasteiger partial charge in [-0.3, -0.25) is 13.9 Å². The standard InChI is InChI=1S/C20H23F3N6O2/c1-28-10-14(19(27-28)31-2)18(30)25-13-8-6-12(7-9-13)24-16-4-3-5-17-26-15(11-29(16)17)20(21,22)23/h3-5,10-13,24H,6-9H2,1-2H3,(H,25,30). The van der Waals surface area contributed by atoms with Crippen molar-refractivity contribution in [2.45, 2.75) is 43.9 Å². The Balaban J connectivity index is 1.37. The van der Waals surface area contributed by atoms with E-state index >= 15 is 0 Å². The van der Waals surface area contributed by atoms with E-state index in [4.69, 9.17) is 4.74 Å². The van der Waals surface area contributed by atoms with Crippen LogP contribution in [0.2, 0.25) is 0 Å². The molecule has 31 heavy (non-hydrogen) atoms. The predicted molar refractivity (Wildman–Crippen MR) is 107 cm³/mol. The first kappa shape index (κ1) is 21.0. The molecule has 11 heteroatoms. The van der Waals surface area contributed by atoms with Gasteiger partial charge in [-0.25, -0.2) is 4.98 Å². The van der Waals surface area contributed by atoms with E-state index in [0.717, 1.165) is 31.9 Å². The fraction of sp³-hybridized carbons (Fsp3) is 0.450. The molecule has 1 fully saturated rings. The number of hydrogen-bond acceptors (Lipinski definition) is 5. The lowest BCUT2D eigenvalue weighted by Crippen LogP contribution is -2.40. The maximum absolute atomic E-state index is 13.0. The van der Waals surface area contributed by atoms with Gasteiger partial charge in [0.15, 0.2) is 5.69 Å². The molecule has 3 aromatic heterocycles. The summed E-state index contributed by atoms with van der Waals surface area (Å²) in [6.45, 7) is 0. The fourth-order valence-corrected chi connectivity index (χ4v) is 3.89. The van der Waals surface area contributed by atoms with Crippen LogP contribution in [0.1, 0.15) is 41.7 Å². The Bertz CT molecular complexity index is 1080. The molecule has 0 radical (unpaired) electrons. The number of rotatable bonds is 5. The number of nitrogens with zero attached hydrogens (tertiary/aromatic N) is 4. The molecule has 0 aliphatic heterocycles. The summed E-state index contributed by atoms with van der Waals surface area (Å²) in [6.07, 6.45) is 1.17. The third-order valence-electron chi connectivity index (χ3n) is 5.43. The molecule has 0 aromatic carbocycles. The summed E-state index contributed by atoms with van der Waals surface area (Å²) >= 11 is 0. The number of anilines is 1. The minimum atomic E-state index is -4.49. The number of halogens is 3. The van der Waals surface area contributed by atoms with Gasteiger partial charge in [0.25, 0.3) is 5.91 Å². The topological polar surface area (TPSA) is 85.5 Å². The number of carbonyl (C=O) groups excluding carboxylic acids is 1. The van der Waals surface area contributed by atoms with Crippen LogP contribution in [0.3, 0.4) is 0 Å². The van der Waals surface area contributed by atoms with Crippen LogP contribution in [0, 0.1) is 0 Å². The van der Waals surface area contributed by atoms with Crippen molar-refractivity contribution < 1.29 is 22.7 Å². The third kappa shape index (κ3) is 4.44. The van der Waals surface area contributed by atoms with E-state index in [1.807, 2.05) is 0 Å². The first-order valence-corrected chi connectivity index (χ1v) is 9.95. The van der Waals surface area contributed by atoms with Gasteiger partial charge >= 0.3 is 6.18 Å². The molecule has 1 aliphatic rings. The second-order valence-corrected chi connectivity index (χ2v) is 7.66. The van der Waals surface area contributed by atoms with E-state index in [9.17, 15) is 18.0 Å². The van der Waals surface area contributed by atoms with Crippen molar-refractivity contribution in [1.29, 1.82) is 0 Å². The molecular formula is C20H23F3N6O2. The third-order valence-corrected chi connectivity index (χ3v) is 5.43. The molecule has 0 unspecified atom stereocenters. The fourth-order valence-electron chi connectivity index (χ4n) is 3.89. The Morgan fingerprint density at radius 2 is 1.87 bits per heavy atom. The Morgan fingerprint density at radius 3 is 2.55 bits per heavy atom. The minimum absolute atomic E-state index is 0.0105. The average Bonchev–Trinajstić information content (AvgIpc) is 3.33. The summed E-state index contributed by atoms with van der Waals surface area (Å²) in [6, 6.07) is 5.05. The SMILES string of the molecule is COc1nn(C)cc1C(=O)NC1CCC(Nc2cccc3nc(C(F)(F)F)cn23)CC1. The van der Waals surface area contributed by atoms with Crippen molar-refractivity contribution in [1.82, 2.24) is 24.5 Å². The molecule has 1 saturated carbocycles. The predicted octanol–water partition coefficient (Wildman–Crippen LogP) is 3.25. The normalized spacial score (nSPS) is 19.4. The second-order valence-electron chi connectivity index (χ2n) is 7.66. The van der Waals surface area contributed by atoms with Gasteiger partial charge in [-0.1, -0.05) is 6.07 Å². The zero-order valence-electron chi connectivity index (χ0n) is 17.1. The van der Waals surface area contributed by atoms with E-state index in [1.165, 1.54) is 16.2 Å². The van der Waals surface area contributed by atoms with Crippen molar-refractivity contribution >= 4 is 17.4 Å². The van der Waals surface area contributed by atoms with Crippen LogP contribution in [-0.2, 0) is 13.2 Å². The van der Waals surface area contributed by atoms with Gasteiger partial charge < -0.3 is 15.4 Å². The van der Waals surface area contributed by atoms with Gasteiger partial charge in [0, 0.05) is 31.5 Å². The number of aryl methyl sites for hydroxylation is 1. The highest BCUT2D eigenvalue weighted by atomic mass is 19.4. The van der Waals surface area contributed by atoms with E-state index in [1.54, 1.807) is 31.4 Å². The largest absolute Gasteiger partial charge is 0.479 e. The molecule has 3 aromatic rings. The molecule has 0 atom stereocenters. The lowest BCUT2D eigenvalue weighted by molar-refractivity contribution is -0.140. The molecule has 2 N–H and O–H groups in total. The van der Waals surface area contributed by atoms with Crippen LogP contribution in [0.4, 0.5) is 19.0 Å². The van der Waals surface area contributed by atoms with Crippen molar-refractivity contribution in [3.05, 3.63) is 41.9 Å². The number of fused-ring (bicyclic) bond motifs is 1. The van der Waals surface area contributed by atoms with E-state index < -0.39 is 11.9 Å². The Morgan fingerprint density at radius 1 is 1.16 bits per heavy atom. The van der Waals surface area contributed by atoms with Gasteiger partial charge in [0.1, 0.15) is 17.0 Å². The molecule has 3 heterocycles. The van der Waals surface area contributed by atoms with Crippen molar-refractivity contribution in [3.8, 4) is 5.88 Å². The number of pyridine rings is 1. The maximum Gasteiger partial charge on any atom is 0.434 e. The number of ether oxygens (including phenoxy) is 1. The summed E-state index contributed by atoms with van der Waals surface area (Å²) in [5.74, 6) is 0.610. The molecule has 1 amide bonds. The van der Waals surface area contributed by atoms with Crippen LogP contribution >= 0.6 is 0 Å². The Hall–Kier alpha value is -3.24. The number of methoxy groups -OCH3 is 1. The van der Waals surface area contributed by atoms with Crippen LogP contribution in [0.5, 0.6) is 5.88 Å². The van der Waals surface area contributed by atoms with Crippen LogP contribution in [0.25, 0.3) is 5.65 Å². The van der Waals surface area contributed by atoms with Gasteiger partial charge in [-0.05, 0) is 37.8 Å².